The van der Waals surface area contributed by atoms with Gasteiger partial charge in [-0.15, -0.1) is 0 Å². The first-order valence-electron chi connectivity index (χ1n) is 7.46. The summed E-state index contributed by atoms with van der Waals surface area (Å²) in [5.41, 5.74) is 0.391. The predicted octanol–water partition coefficient (Wildman–Crippen LogP) is 4.39. The minimum Gasteiger partial charge on any atom is -0.390 e. The van der Waals surface area contributed by atoms with Gasteiger partial charge in [-0.1, -0.05) is 40.5 Å². The number of aliphatic hydroxyl groups is 1. The molecular formula is C16H30O. The molecule has 0 radical (unpaired) electrons. The van der Waals surface area contributed by atoms with E-state index in [9.17, 15) is 5.11 Å². The van der Waals surface area contributed by atoms with E-state index in [0.29, 0.717) is 16.7 Å². The summed E-state index contributed by atoms with van der Waals surface area (Å²) in [5.74, 6) is 1.28. The maximum atomic E-state index is 10.7. The molecule has 2 aliphatic rings. The summed E-state index contributed by atoms with van der Waals surface area (Å²) in [7, 11) is 0. The quantitative estimate of drug-likeness (QED) is 0.718. The molecule has 0 saturated heterocycles. The number of fused-ring (bicyclic) bond motifs is 1. The van der Waals surface area contributed by atoms with Crippen molar-refractivity contribution in [1.29, 1.82) is 0 Å². The lowest BCUT2D eigenvalue weighted by Gasteiger charge is -2.61. The van der Waals surface area contributed by atoms with E-state index in [1.807, 2.05) is 0 Å². The summed E-state index contributed by atoms with van der Waals surface area (Å²) in [6.07, 6.45) is 7.35. The second-order valence-corrected chi connectivity index (χ2v) is 7.76. The van der Waals surface area contributed by atoms with Gasteiger partial charge in [0.2, 0.25) is 0 Å². The van der Waals surface area contributed by atoms with Crippen LogP contribution in [0.3, 0.4) is 0 Å². The Morgan fingerprint density at radius 3 is 2.29 bits per heavy atom. The lowest BCUT2D eigenvalue weighted by atomic mass is 9.45. The van der Waals surface area contributed by atoms with Crippen LogP contribution >= 0.6 is 0 Å². The average molecular weight is 238 g/mol. The van der Waals surface area contributed by atoms with E-state index in [0.717, 1.165) is 18.8 Å². The zero-order chi connectivity index (χ0) is 12.9. The Kier molecular flexibility index (Phi) is 3.14. The minimum atomic E-state index is -0.437. The van der Waals surface area contributed by atoms with Gasteiger partial charge in [0.05, 0.1) is 5.60 Å². The van der Waals surface area contributed by atoms with Crippen molar-refractivity contribution >= 4 is 0 Å². The summed E-state index contributed by atoms with van der Waals surface area (Å²) in [6.45, 7) is 11.7. The molecule has 1 nitrogen and oxygen atoms in total. The summed E-state index contributed by atoms with van der Waals surface area (Å²) in [4.78, 5) is 0. The van der Waals surface area contributed by atoms with Crippen molar-refractivity contribution in [2.75, 3.05) is 0 Å². The lowest BCUT2D eigenvalue weighted by molar-refractivity contribution is -0.167. The maximum Gasteiger partial charge on any atom is 0.0653 e. The van der Waals surface area contributed by atoms with E-state index in [-0.39, 0.29) is 0 Å². The highest BCUT2D eigenvalue weighted by Gasteiger charge is 2.57. The summed E-state index contributed by atoms with van der Waals surface area (Å²) in [6, 6.07) is 0. The molecule has 0 bridgehead atoms. The summed E-state index contributed by atoms with van der Waals surface area (Å²) >= 11 is 0. The van der Waals surface area contributed by atoms with Gasteiger partial charge >= 0.3 is 0 Å². The Balaban J connectivity index is 2.37. The molecule has 2 rings (SSSR count). The predicted molar refractivity (Wildman–Crippen MR) is 72.9 cm³/mol. The molecule has 0 aromatic rings. The van der Waals surface area contributed by atoms with Crippen LogP contribution in [-0.2, 0) is 0 Å². The molecule has 0 amide bonds. The van der Waals surface area contributed by atoms with Crippen molar-refractivity contribution in [2.45, 2.75) is 78.7 Å². The average Bonchev–Trinajstić information content (AvgIpc) is 2.14. The molecule has 2 unspecified atom stereocenters. The van der Waals surface area contributed by atoms with Gasteiger partial charge in [-0.2, -0.15) is 0 Å². The van der Waals surface area contributed by atoms with E-state index in [2.05, 4.69) is 34.6 Å². The third-order valence-corrected chi connectivity index (χ3v) is 6.17. The maximum absolute atomic E-state index is 10.7. The molecule has 0 aromatic heterocycles. The smallest absolute Gasteiger partial charge is 0.0653 e. The van der Waals surface area contributed by atoms with Crippen molar-refractivity contribution in [1.82, 2.24) is 0 Å². The van der Waals surface area contributed by atoms with Crippen LogP contribution in [0.4, 0.5) is 0 Å². The summed E-state index contributed by atoms with van der Waals surface area (Å²) < 4.78 is 0. The zero-order valence-corrected chi connectivity index (χ0v) is 12.3. The fourth-order valence-electron chi connectivity index (χ4n) is 5.53. The lowest BCUT2D eigenvalue weighted by Crippen LogP contribution is -2.57. The molecule has 100 valence electrons. The van der Waals surface area contributed by atoms with E-state index in [1.54, 1.807) is 0 Å². The largest absolute Gasteiger partial charge is 0.390 e. The van der Waals surface area contributed by atoms with Gasteiger partial charge in [-0.05, 0) is 55.3 Å². The Morgan fingerprint density at radius 1 is 1.06 bits per heavy atom. The Morgan fingerprint density at radius 2 is 1.71 bits per heavy atom. The van der Waals surface area contributed by atoms with Crippen LogP contribution in [-0.4, -0.2) is 10.7 Å². The van der Waals surface area contributed by atoms with E-state index < -0.39 is 5.60 Å². The molecule has 2 saturated carbocycles. The number of hydrogen-bond donors (Lipinski definition) is 1. The van der Waals surface area contributed by atoms with Gasteiger partial charge in [-0.3, -0.25) is 0 Å². The van der Waals surface area contributed by atoms with Crippen LogP contribution in [0.25, 0.3) is 0 Å². The molecule has 0 aromatic carbocycles. The second-order valence-electron chi connectivity index (χ2n) is 7.76. The Labute approximate surface area is 107 Å². The van der Waals surface area contributed by atoms with Crippen molar-refractivity contribution in [2.24, 2.45) is 22.7 Å². The first-order valence-corrected chi connectivity index (χ1v) is 7.46. The Bertz CT molecular complexity index is 280. The summed E-state index contributed by atoms with van der Waals surface area (Å²) in [5, 5.41) is 10.7. The molecule has 2 fully saturated rings. The van der Waals surface area contributed by atoms with Gasteiger partial charge in [0.15, 0.2) is 0 Å². The molecule has 0 aliphatic heterocycles. The number of hydrogen-bond acceptors (Lipinski definition) is 1. The molecule has 0 spiro atoms. The third kappa shape index (κ3) is 1.95. The molecule has 2 aliphatic carbocycles. The van der Waals surface area contributed by atoms with Crippen LogP contribution in [0.5, 0.6) is 0 Å². The molecule has 4 atom stereocenters. The highest BCUT2D eigenvalue weighted by atomic mass is 16.3. The van der Waals surface area contributed by atoms with Crippen LogP contribution in [0.2, 0.25) is 0 Å². The second kappa shape index (κ2) is 3.98. The minimum absolute atomic E-state index is 0.359. The number of rotatable bonds is 1. The van der Waals surface area contributed by atoms with Crippen LogP contribution in [0.1, 0.15) is 73.1 Å². The fraction of sp³-hybridized carbons (Fsp3) is 1.00. The van der Waals surface area contributed by atoms with Crippen molar-refractivity contribution in [3.05, 3.63) is 0 Å². The molecule has 1 heteroatoms. The monoisotopic (exact) mass is 238 g/mol. The van der Waals surface area contributed by atoms with Crippen molar-refractivity contribution in [3.8, 4) is 0 Å². The highest BCUT2D eigenvalue weighted by Crippen LogP contribution is 2.62. The Hall–Kier alpha value is -0.0400. The van der Waals surface area contributed by atoms with Crippen LogP contribution < -0.4 is 0 Å². The SMILES string of the molecule is CCC1C2(C)CCCC(C)(C)[C@@H]2CC[C@@]1(C)O. The van der Waals surface area contributed by atoms with Gasteiger partial charge in [0, 0.05) is 0 Å². The first-order chi connectivity index (χ1) is 7.74. The topological polar surface area (TPSA) is 20.2 Å². The third-order valence-electron chi connectivity index (χ3n) is 6.17. The van der Waals surface area contributed by atoms with Gasteiger partial charge in [0.25, 0.3) is 0 Å². The van der Waals surface area contributed by atoms with E-state index in [4.69, 9.17) is 0 Å². The van der Waals surface area contributed by atoms with Gasteiger partial charge in [0.1, 0.15) is 0 Å². The van der Waals surface area contributed by atoms with Gasteiger partial charge in [-0.25, -0.2) is 0 Å². The van der Waals surface area contributed by atoms with E-state index >= 15 is 0 Å². The van der Waals surface area contributed by atoms with Crippen LogP contribution in [0, 0.1) is 22.7 Å². The normalized spacial score (nSPS) is 49.8. The first kappa shape index (κ1) is 13.4. The molecule has 1 N–H and O–H groups in total. The van der Waals surface area contributed by atoms with Crippen molar-refractivity contribution in [3.63, 3.8) is 0 Å². The fourth-order valence-corrected chi connectivity index (χ4v) is 5.53. The molecular weight excluding hydrogens is 208 g/mol. The molecule has 0 heterocycles. The van der Waals surface area contributed by atoms with Gasteiger partial charge < -0.3 is 5.11 Å². The molecule has 17 heavy (non-hydrogen) atoms. The zero-order valence-electron chi connectivity index (χ0n) is 12.3. The van der Waals surface area contributed by atoms with E-state index in [1.165, 1.54) is 25.7 Å². The van der Waals surface area contributed by atoms with Crippen LogP contribution in [0.15, 0.2) is 0 Å². The highest BCUT2D eigenvalue weighted by molar-refractivity contribution is 5.06. The standard InChI is InChI=1S/C16H30O/c1-6-12-15(4)10-7-9-14(2,3)13(15)8-11-16(12,5)17/h12-13,17H,6-11H2,1-5H3/t12?,13-,15?,16+/m0/s1. The van der Waals surface area contributed by atoms with Crippen molar-refractivity contribution < 1.29 is 5.11 Å².